The molecule has 0 spiro atoms. The molecular weight excluding hydrogens is 758 g/mol. The number of aliphatic imine (C=N–C) groups is 1. The van der Waals surface area contributed by atoms with Gasteiger partial charge in [0.2, 0.25) is 5.90 Å². The third kappa shape index (κ3) is 8.77. The summed E-state index contributed by atoms with van der Waals surface area (Å²) in [7, 11) is 0. The van der Waals surface area contributed by atoms with Gasteiger partial charge in [-0.2, -0.15) is 0 Å². The Kier molecular flexibility index (Phi) is 12.2. The number of aliphatic hydroxyl groups is 1. The lowest BCUT2D eigenvalue weighted by atomic mass is 9.82. The largest absolute Gasteiger partial charge is 0.494 e. The van der Waals surface area contributed by atoms with Crippen molar-refractivity contribution in [1.29, 1.82) is 0 Å². The first kappa shape index (κ1) is 37.1. The lowest BCUT2D eigenvalue weighted by Crippen LogP contribution is -2.53. The van der Waals surface area contributed by atoms with Crippen molar-refractivity contribution in [3.63, 3.8) is 0 Å². The highest BCUT2D eigenvalue weighted by Gasteiger charge is 2.53. The zero-order valence-corrected chi connectivity index (χ0v) is 31.9. The number of hydrogen-bond donors (Lipinski definition) is 3. The molecule has 0 aromatic heterocycles. The van der Waals surface area contributed by atoms with Gasteiger partial charge in [0.15, 0.2) is 11.6 Å². The van der Waals surface area contributed by atoms with Gasteiger partial charge in [-0.3, -0.25) is 10.2 Å². The molecule has 9 heteroatoms. The first-order valence-corrected chi connectivity index (χ1v) is 19.5. The Morgan fingerprint density at radius 1 is 0.759 bits per heavy atom. The van der Waals surface area contributed by atoms with Gasteiger partial charge in [0.1, 0.15) is 5.75 Å². The molecule has 2 atom stereocenters. The summed E-state index contributed by atoms with van der Waals surface area (Å²) in [5, 5.41) is 9.17. The number of carbonyl (C=O) groups excluding carboxylic acids is 1. The van der Waals surface area contributed by atoms with Crippen molar-refractivity contribution in [1.82, 2.24) is 10.9 Å². The molecule has 1 aliphatic rings. The van der Waals surface area contributed by atoms with Crippen LogP contribution in [0.15, 0.2) is 177 Å². The molecule has 0 fully saturated rings. The van der Waals surface area contributed by atoms with E-state index in [0.29, 0.717) is 31.2 Å². The lowest BCUT2D eigenvalue weighted by molar-refractivity contribution is -0.130. The fourth-order valence-electron chi connectivity index (χ4n) is 6.39. The van der Waals surface area contributed by atoms with E-state index >= 15 is 0 Å². The van der Waals surface area contributed by atoms with Crippen LogP contribution in [0.25, 0.3) is 11.1 Å². The van der Waals surface area contributed by atoms with Crippen LogP contribution in [0.3, 0.4) is 0 Å². The van der Waals surface area contributed by atoms with E-state index in [0.717, 1.165) is 47.6 Å². The number of hydrazine groups is 1. The van der Waals surface area contributed by atoms with E-state index in [1.54, 1.807) is 11.8 Å². The minimum absolute atomic E-state index is 0.0616. The van der Waals surface area contributed by atoms with Crippen LogP contribution < -0.4 is 15.6 Å². The lowest BCUT2D eigenvalue weighted by Gasteiger charge is -2.31. The number of nitrogens with zero attached hydrogens (tertiary/aromatic N) is 1. The number of aliphatic hydroxyl groups excluding tert-OH is 1. The van der Waals surface area contributed by atoms with E-state index in [1.165, 1.54) is 0 Å². The van der Waals surface area contributed by atoms with E-state index in [4.69, 9.17) is 19.6 Å². The quantitative estimate of drug-likeness (QED) is 0.0709. The topological polar surface area (TPSA) is 92.2 Å². The molecule has 0 unspecified atom stereocenters. The molecule has 1 amide bonds. The molecule has 1 heterocycles. The standard InChI is InChI=1S/C45H40BrN3O4S/c46-40-18-9-7-14-36(40)30-45(44(51)49-47-31-37-15-8-10-19-41(37)54-39-16-5-2-6-17-39)42(34-22-20-33(21-23-34)32-12-3-1-4-13-32)53-43(48-45)35-24-26-38(27-25-35)52-29-11-28-50/h1-10,12-27,42,47,50H,11,28-31H2,(H,49,51)/t42-,45-/m0/s1. The molecule has 0 bridgehead atoms. The fourth-order valence-corrected chi connectivity index (χ4v) is 7.78. The molecule has 6 aromatic carbocycles. The van der Waals surface area contributed by atoms with Gasteiger partial charge in [-0.15, -0.1) is 0 Å². The molecule has 1 aliphatic heterocycles. The Labute approximate surface area is 328 Å². The molecule has 272 valence electrons. The van der Waals surface area contributed by atoms with Gasteiger partial charge in [-0.05, 0) is 76.3 Å². The van der Waals surface area contributed by atoms with Gasteiger partial charge in [-0.25, -0.2) is 10.4 Å². The van der Waals surface area contributed by atoms with Crippen LogP contribution in [0.5, 0.6) is 5.75 Å². The van der Waals surface area contributed by atoms with Crippen LogP contribution >= 0.6 is 27.7 Å². The number of nitrogens with one attached hydrogen (secondary N) is 2. The van der Waals surface area contributed by atoms with E-state index in [9.17, 15) is 4.79 Å². The van der Waals surface area contributed by atoms with E-state index in [1.807, 2.05) is 109 Å². The highest BCUT2D eigenvalue weighted by Crippen LogP contribution is 2.44. The summed E-state index contributed by atoms with van der Waals surface area (Å²) < 4.78 is 13.4. The summed E-state index contributed by atoms with van der Waals surface area (Å²) in [6, 6.07) is 52.1. The van der Waals surface area contributed by atoms with Gasteiger partial charge in [0.25, 0.3) is 5.91 Å². The summed E-state index contributed by atoms with van der Waals surface area (Å²) >= 11 is 5.41. The first-order chi connectivity index (χ1) is 26.5. The summed E-state index contributed by atoms with van der Waals surface area (Å²) in [5.41, 5.74) is 10.6. The second kappa shape index (κ2) is 17.8. The monoisotopic (exact) mass is 797 g/mol. The Hall–Kier alpha value is -5.19. The maximum Gasteiger partial charge on any atom is 0.266 e. The average Bonchev–Trinajstić information content (AvgIpc) is 3.61. The Morgan fingerprint density at radius 2 is 1.39 bits per heavy atom. The molecule has 0 saturated carbocycles. The minimum atomic E-state index is -1.39. The van der Waals surface area contributed by atoms with Crippen molar-refractivity contribution >= 4 is 39.5 Å². The minimum Gasteiger partial charge on any atom is -0.494 e. The van der Waals surface area contributed by atoms with Gasteiger partial charge in [0, 0.05) is 45.8 Å². The van der Waals surface area contributed by atoms with Crippen LogP contribution in [0.1, 0.15) is 34.8 Å². The molecule has 54 heavy (non-hydrogen) atoms. The van der Waals surface area contributed by atoms with Crippen molar-refractivity contribution in [2.45, 2.75) is 40.8 Å². The summed E-state index contributed by atoms with van der Waals surface area (Å²) in [6.07, 6.45) is 0.0486. The van der Waals surface area contributed by atoms with Crippen LogP contribution in [-0.2, 0) is 22.5 Å². The number of rotatable bonds is 15. The Morgan fingerprint density at radius 3 is 2.11 bits per heavy atom. The molecule has 0 radical (unpaired) electrons. The highest BCUT2D eigenvalue weighted by molar-refractivity contribution is 9.10. The number of carbonyl (C=O) groups is 1. The maximum absolute atomic E-state index is 14.9. The SMILES string of the molecule is O=C(NNCc1ccccc1Sc1ccccc1)[C@@]1(Cc2ccccc2Br)N=C(c2ccc(OCCCO)cc2)O[C@H]1c1ccc(-c2ccccc2)cc1. The van der Waals surface area contributed by atoms with Crippen molar-refractivity contribution in [2.24, 2.45) is 4.99 Å². The van der Waals surface area contributed by atoms with Crippen molar-refractivity contribution < 1.29 is 19.4 Å². The van der Waals surface area contributed by atoms with Crippen LogP contribution in [0.4, 0.5) is 0 Å². The predicted octanol–water partition coefficient (Wildman–Crippen LogP) is 9.35. The van der Waals surface area contributed by atoms with Gasteiger partial charge < -0.3 is 14.6 Å². The first-order valence-electron chi connectivity index (χ1n) is 17.9. The Balaban J connectivity index is 1.23. The predicted molar refractivity (Wildman–Crippen MR) is 218 cm³/mol. The van der Waals surface area contributed by atoms with E-state index in [-0.39, 0.29) is 18.9 Å². The third-order valence-corrected chi connectivity index (χ3v) is 11.1. The molecule has 7 nitrogen and oxygen atoms in total. The molecule has 0 aliphatic carbocycles. The summed E-state index contributed by atoms with van der Waals surface area (Å²) in [5.74, 6) is 0.717. The smallest absolute Gasteiger partial charge is 0.266 e. The van der Waals surface area contributed by atoms with Gasteiger partial charge in [0.05, 0.1) is 6.61 Å². The summed E-state index contributed by atoms with van der Waals surface area (Å²) in [4.78, 5) is 22.3. The zero-order valence-electron chi connectivity index (χ0n) is 29.5. The summed E-state index contributed by atoms with van der Waals surface area (Å²) in [6.45, 7) is 0.872. The second-order valence-corrected chi connectivity index (χ2v) is 14.8. The third-order valence-electron chi connectivity index (χ3n) is 9.19. The average molecular weight is 799 g/mol. The highest BCUT2D eigenvalue weighted by atomic mass is 79.9. The van der Waals surface area contributed by atoms with Crippen molar-refractivity contribution in [3.8, 4) is 16.9 Å². The number of benzene rings is 6. The second-order valence-electron chi connectivity index (χ2n) is 12.9. The van der Waals surface area contributed by atoms with E-state index in [2.05, 4.69) is 75.3 Å². The molecule has 3 N–H and O–H groups in total. The van der Waals surface area contributed by atoms with Gasteiger partial charge >= 0.3 is 0 Å². The number of ether oxygens (including phenoxy) is 2. The van der Waals surface area contributed by atoms with Crippen molar-refractivity contribution in [2.75, 3.05) is 13.2 Å². The number of hydrogen-bond acceptors (Lipinski definition) is 7. The van der Waals surface area contributed by atoms with E-state index < -0.39 is 11.6 Å². The molecule has 7 rings (SSSR count). The zero-order chi connectivity index (χ0) is 37.2. The molecule has 6 aromatic rings. The number of halogens is 1. The maximum atomic E-state index is 14.9. The molecular formula is C45H40BrN3O4S. The van der Waals surface area contributed by atoms with Crippen LogP contribution in [-0.4, -0.2) is 35.7 Å². The normalized spacial score (nSPS) is 16.3. The number of amides is 1. The van der Waals surface area contributed by atoms with Gasteiger partial charge in [-0.1, -0.05) is 137 Å². The van der Waals surface area contributed by atoms with Crippen molar-refractivity contribution in [3.05, 3.63) is 184 Å². The van der Waals surface area contributed by atoms with Crippen LogP contribution in [0, 0.1) is 0 Å². The molecule has 0 saturated heterocycles. The Bertz CT molecular complexity index is 2180. The fraction of sp³-hybridized carbons (Fsp3) is 0.156. The van der Waals surface area contributed by atoms with Crippen LogP contribution in [0.2, 0.25) is 0 Å².